The number of aryl methyl sites for hydroxylation is 1. The van der Waals surface area contributed by atoms with E-state index >= 15 is 0 Å². The number of carbonyl (C=O) groups is 2. The normalized spacial score (nSPS) is 20.7. The summed E-state index contributed by atoms with van der Waals surface area (Å²) < 4.78 is 0. The molecule has 0 aromatic heterocycles. The molecule has 8 heteroatoms. The number of hydrogen-bond acceptors (Lipinski definition) is 3. The Kier molecular flexibility index (Phi) is 6.77. The monoisotopic (exact) mass is 479 g/mol. The predicted octanol–water partition coefficient (Wildman–Crippen LogP) is 4.99. The van der Waals surface area contributed by atoms with Gasteiger partial charge >= 0.3 is 0 Å². The highest BCUT2D eigenvalue weighted by molar-refractivity contribution is 6.35. The van der Waals surface area contributed by atoms with Gasteiger partial charge in [0.1, 0.15) is 0 Å². The fourth-order valence-electron chi connectivity index (χ4n) is 4.42. The van der Waals surface area contributed by atoms with E-state index in [-0.39, 0.29) is 11.8 Å². The highest BCUT2D eigenvalue weighted by Crippen LogP contribution is 2.33. The van der Waals surface area contributed by atoms with Gasteiger partial charge in [-0.2, -0.15) is 0 Å². The Bertz CT molecular complexity index is 1000. The first-order valence-electron chi connectivity index (χ1n) is 10.3. The summed E-state index contributed by atoms with van der Waals surface area (Å²) >= 11 is 18.4. The van der Waals surface area contributed by atoms with Gasteiger partial charge in [-0.1, -0.05) is 40.9 Å². The fraction of sp³-hybridized carbons (Fsp3) is 0.391. The number of nitrogens with one attached hydrogen (secondary N) is 1. The second kappa shape index (κ2) is 9.37. The molecule has 2 fully saturated rings. The van der Waals surface area contributed by atoms with Crippen molar-refractivity contribution in [3.05, 3.63) is 62.6 Å². The Hall–Kier alpha value is -1.79. The second-order valence-corrected chi connectivity index (χ2v) is 9.63. The maximum atomic E-state index is 12.9. The molecular weight excluding hydrogens is 457 g/mol. The molecule has 2 aliphatic heterocycles. The Balaban J connectivity index is 1.26. The maximum absolute atomic E-state index is 12.9. The van der Waals surface area contributed by atoms with Crippen molar-refractivity contribution < 1.29 is 9.59 Å². The number of nitrogens with zero attached hydrogens (tertiary/aromatic N) is 2. The van der Waals surface area contributed by atoms with E-state index in [2.05, 4.69) is 10.2 Å². The molecule has 2 unspecified atom stereocenters. The van der Waals surface area contributed by atoms with E-state index in [0.29, 0.717) is 64.2 Å². The molecule has 0 radical (unpaired) electrons. The Labute approximate surface area is 197 Å². The van der Waals surface area contributed by atoms with Crippen LogP contribution in [0.25, 0.3) is 0 Å². The summed E-state index contributed by atoms with van der Waals surface area (Å²) in [5.74, 6) is 0.746. The number of anilines is 1. The van der Waals surface area contributed by atoms with Crippen molar-refractivity contribution >= 4 is 52.3 Å². The minimum atomic E-state index is -0.0652. The quantitative estimate of drug-likeness (QED) is 0.656. The molecule has 0 saturated carbocycles. The largest absolute Gasteiger partial charge is 0.338 e. The number of rotatable bonds is 5. The molecule has 2 atom stereocenters. The molecule has 164 valence electrons. The Morgan fingerprint density at radius 2 is 1.68 bits per heavy atom. The smallest absolute Gasteiger partial charge is 0.255 e. The van der Waals surface area contributed by atoms with Crippen LogP contribution in [0.3, 0.4) is 0 Å². The van der Waals surface area contributed by atoms with Crippen LogP contribution >= 0.6 is 34.8 Å². The summed E-state index contributed by atoms with van der Waals surface area (Å²) in [6.07, 6.45) is 0.422. The standard InChI is InChI=1S/C23H24Cl3N3O2/c1-14-2-4-18(9-21(14)26)27-22(30)6-7-28-10-15-12-29(13-16(15)11-28)23(31)19-8-17(24)3-5-20(19)25/h2-5,8-9,15-16H,6-7,10-13H2,1H3,(H,27,30). The third-order valence-corrected chi connectivity index (χ3v) is 7.09. The SMILES string of the molecule is Cc1ccc(NC(=O)CCN2CC3CN(C(=O)c4cc(Cl)ccc4Cl)CC3C2)cc1Cl. The first-order valence-corrected chi connectivity index (χ1v) is 11.5. The van der Waals surface area contributed by atoms with E-state index in [0.717, 1.165) is 18.7 Å². The van der Waals surface area contributed by atoms with Crippen LogP contribution in [0.4, 0.5) is 5.69 Å². The summed E-state index contributed by atoms with van der Waals surface area (Å²) in [5.41, 5.74) is 2.15. The maximum Gasteiger partial charge on any atom is 0.255 e. The first-order chi connectivity index (χ1) is 14.8. The third kappa shape index (κ3) is 5.17. The fourth-order valence-corrected chi connectivity index (χ4v) is 4.98. The van der Waals surface area contributed by atoms with Crippen LogP contribution in [0.15, 0.2) is 36.4 Å². The van der Waals surface area contributed by atoms with E-state index in [9.17, 15) is 9.59 Å². The Morgan fingerprint density at radius 3 is 2.35 bits per heavy atom. The molecule has 0 spiro atoms. The lowest BCUT2D eigenvalue weighted by Crippen LogP contribution is -2.34. The van der Waals surface area contributed by atoms with E-state index < -0.39 is 0 Å². The predicted molar refractivity (Wildman–Crippen MR) is 125 cm³/mol. The number of carbonyl (C=O) groups excluding carboxylic acids is 2. The van der Waals surface area contributed by atoms with Crippen LogP contribution in [-0.2, 0) is 4.79 Å². The number of halogens is 3. The number of likely N-dealkylation sites (tertiary alicyclic amines) is 2. The lowest BCUT2D eigenvalue weighted by atomic mass is 10.0. The van der Waals surface area contributed by atoms with Crippen molar-refractivity contribution in [2.45, 2.75) is 13.3 Å². The minimum Gasteiger partial charge on any atom is -0.338 e. The van der Waals surface area contributed by atoms with Crippen molar-refractivity contribution in [2.75, 3.05) is 38.0 Å². The molecule has 2 saturated heterocycles. The van der Waals surface area contributed by atoms with Crippen LogP contribution in [-0.4, -0.2) is 54.3 Å². The summed E-state index contributed by atoms with van der Waals surface area (Å²) in [6, 6.07) is 10.5. The van der Waals surface area contributed by atoms with Crippen LogP contribution in [0.2, 0.25) is 15.1 Å². The molecule has 2 aromatic carbocycles. The molecule has 1 N–H and O–H groups in total. The van der Waals surface area contributed by atoms with Crippen LogP contribution < -0.4 is 5.32 Å². The van der Waals surface area contributed by atoms with Crippen molar-refractivity contribution in [3.8, 4) is 0 Å². The van der Waals surface area contributed by atoms with E-state index in [1.807, 2.05) is 24.0 Å². The van der Waals surface area contributed by atoms with Gasteiger partial charge < -0.3 is 15.1 Å². The first kappa shape index (κ1) is 22.4. The average molecular weight is 481 g/mol. The second-order valence-electron chi connectivity index (χ2n) is 8.38. The summed E-state index contributed by atoms with van der Waals surface area (Å²) in [6.45, 7) is 5.82. The molecule has 2 aromatic rings. The molecular formula is C23H24Cl3N3O2. The van der Waals surface area contributed by atoms with Crippen molar-refractivity contribution in [3.63, 3.8) is 0 Å². The van der Waals surface area contributed by atoms with Gasteiger partial charge in [-0.05, 0) is 54.7 Å². The zero-order valence-electron chi connectivity index (χ0n) is 17.2. The zero-order valence-corrected chi connectivity index (χ0v) is 19.5. The van der Waals surface area contributed by atoms with Gasteiger partial charge in [-0.3, -0.25) is 9.59 Å². The highest BCUT2D eigenvalue weighted by atomic mass is 35.5. The van der Waals surface area contributed by atoms with Gasteiger partial charge in [0, 0.05) is 54.9 Å². The van der Waals surface area contributed by atoms with E-state index in [4.69, 9.17) is 34.8 Å². The molecule has 2 amide bonds. The van der Waals surface area contributed by atoms with Crippen molar-refractivity contribution in [1.29, 1.82) is 0 Å². The number of amides is 2. The Morgan fingerprint density at radius 1 is 0.968 bits per heavy atom. The van der Waals surface area contributed by atoms with Crippen LogP contribution in [0.1, 0.15) is 22.3 Å². The lowest BCUT2D eigenvalue weighted by Gasteiger charge is -2.22. The van der Waals surface area contributed by atoms with Gasteiger partial charge in [0.2, 0.25) is 5.91 Å². The topological polar surface area (TPSA) is 52.7 Å². The number of benzene rings is 2. The van der Waals surface area contributed by atoms with Gasteiger partial charge in [0.15, 0.2) is 0 Å². The molecule has 4 rings (SSSR count). The molecule has 31 heavy (non-hydrogen) atoms. The van der Waals surface area contributed by atoms with Crippen LogP contribution in [0, 0.1) is 18.8 Å². The van der Waals surface area contributed by atoms with Gasteiger partial charge in [0.25, 0.3) is 5.91 Å². The van der Waals surface area contributed by atoms with Gasteiger partial charge in [-0.15, -0.1) is 0 Å². The molecule has 0 aliphatic carbocycles. The average Bonchev–Trinajstić information content (AvgIpc) is 3.29. The van der Waals surface area contributed by atoms with E-state index in [1.54, 1.807) is 24.3 Å². The number of fused-ring (bicyclic) bond motifs is 1. The van der Waals surface area contributed by atoms with E-state index in [1.165, 1.54) is 0 Å². The lowest BCUT2D eigenvalue weighted by molar-refractivity contribution is -0.116. The number of hydrogen-bond donors (Lipinski definition) is 1. The summed E-state index contributed by atoms with van der Waals surface area (Å²) in [5, 5.41) is 4.48. The molecule has 0 bridgehead atoms. The minimum absolute atomic E-state index is 0.0237. The molecule has 5 nitrogen and oxygen atoms in total. The zero-order chi connectivity index (χ0) is 22.1. The third-order valence-electron chi connectivity index (χ3n) is 6.12. The molecule has 2 heterocycles. The van der Waals surface area contributed by atoms with Gasteiger partial charge in [0.05, 0.1) is 10.6 Å². The van der Waals surface area contributed by atoms with Crippen molar-refractivity contribution in [1.82, 2.24) is 9.80 Å². The molecule has 2 aliphatic rings. The van der Waals surface area contributed by atoms with Crippen LogP contribution in [0.5, 0.6) is 0 Å². The van der Waals surface area contributed by atoms with Crippen molar-refractivity contribution in [2.24, 2.45) is 11.8 Å². The summed E-state index contributed by atoms with van der Waals surface area (Å²) in [4.78, 5) is 29.4. The highest BCUT2D eigenvalue weighted by Gasteiger charge is 2.41. The van der Waals surface area contributed by atoms with Gasteiger partial charge in [-0.25, -0.2) is 0 Å². The summed E-state index contributed by atoms with van der Waals surface area (Å²) in [7, 11) is 0.